The second-order valence-corrected chi connectivity index (χ2v) is 7.72. The summed E-state index contributed by atoms with van der Waals surface area (Å²) in [6.07, 6.45) is 4.59. The quantitative estimate of drug-likeness (QED) is 0.802. The minimum atomic E-state index is -2.85. The summed E-state index contributed by atoms with van der Waals surface area (Å²) < 4.78 is 22.7. The van der Waals surface area contributed by atoms with Crippen LogP contribution in [0.3, 0.4) is 0 Å². The van der Waals surface area contributed by atoms with Crippen LogP contribution in [0.25, 0.3) is 0 Å². The fourth-order valence-electron chi connectivity index (χ4n) is 2.45. The molecule has 1 saturated carbocycles. The highest BCUT2D eigenvalue weighted by atomic mass is 32.2. The second kappa shape index (κ2) is 4.42. The van der Waals surface area contributed by atoms with E-state index in [2.05, 4.69) is 19.2 Å². The van der Waals surface area contributed by atoms with Crippen LogP contribution in [0.5, 0.6) is 0 Å². The molecule has 1 fully saturated rings. The molecule has 0 aromatic heterocycles. The molecule has 1 rings (SSSR count). The zero-order valence-electron chi connectivity index (χ0n) is 10.2. The SMILES string of the molecule is CNC1CCC(C)(C)C(CS(C)(=O)=O)C1. The van der Waals surface area contributed by atoms with Crippen molar-refractivity contribution in [3.63, 3.8) is 0 Å². The van der Waals surface area contributed by atoms with E-state index in [-0.39, 0.29) is 5.41 Å². The van der Waals surface area contributed by atoms with Gasteiger partial charge in [0.15, 0.2) is 0 Å². The summed E-state index contributed by atoms with van der Waals surface area (Å²) in [5.41, 5.74) is 0.163. The number of hydrogen-bond acceptors (Lipinski definition) is 3. The number of hydrogen-bond donors (Lipinski definition) is 1. The average molecular weight is 233 g/mol. The van der Waals surface area contributed by atoms with Crippen molar-refractivity contribution >= 4 is 9.84 Å². The molecule has 0 spiro atoms. The molecule has 0 aliphatic heterocycles. The number of rotatable bonds is 3. The van der Waals surface area contributed by atoms with Gasteiger partial charge in [-0.25, -0.2) is 8.42 Å². The molecule has 0 heterocycles. The maximum Gasteiger partial charge on any atom is 0.147 e. The van der Waals surface area contributed by atoms with E-state index in [0.717, 1.165) is 19.3 Å². The fraction of sp³-hybridized carbons (Fsp3) is 1.00. The maximum atomic E-state index is 11.4. The first-order valence-electron chi connectivity index (χ1n) is 5.59. The summed E-state index contributed by atoms with van der Waals surface area (Å²) in [5.74, 6) is 0.622. The summed E-state index contributed by atoms with van der Waals surface area (Å²) >= 11 is 0. The minimum Gasteiger partial charge on any atom is -0.317 e. The Kier molecular flexibility index (Phi) is 3.82. The summed E-state index contributed by atoms with van der Waals surface area (Å²) in [6, 6.07) is 0.491. The third kappa shape index (κ3) is 3.76. The highest BCUT2D eigenvalue weighted by Gasteiger charge is 2.37. The van der Waals surface area contributed by atoms with Crippen molar-refractivity contribution in [1.82, 2.24) is 5.32 Å². The first-order chi connectivity index (χ1) is 6.74. The highest BCUT2D eigenvalue weighted by Crippen LogP contribution is 2.41. The van der Waals surface area contributed by atoms with Crippen LogP contribution in [0, 0.1) is 11.3 Å². The zero-order valence-corrected chi connectivity index (χ0v) is 11.0. The predicted molar refractivity (Wildman–Crippen MR) is 63.7 cm³/mol. The molecule has 3 nitrogen and oxygen atoms in total. The van der Waals surface area contributed by atoms with Gasteiger partial charge in [-0.3, -0.25) is 0 Å². The summed E-state index contributed by atoms with van der Waals surface area (Å²) in [4.78, 5) is 0. The van der Waals surface area contributed by atoms with Crippen molar-refractivity contribution in [2.75, 3.05) is 19.1 Å². The Morgan fingerprint density at radius 2 is 2.00 bits per heavy atom. The van der Waals surface area contributed by atoms with Gasteiger partial charge in [-0.05, 0) is 37.6 Å². The molecule has 0 radical (unpaired) electrons. The van der Waals surface area contributed by atoms with Gasteiger partial charge in [0.2, 0.25) is 0 Å². The smallest absolute Gasteiger partial charge is 0.147 e. The summed E-state index contributed by atoms with van der Waals surface area (Å²) in [5, 5.41) is 3.26. The molecule has 1 N–H and O–H groups in total. The predicted octanol–water partition coefficient (Wildman–Crippen LogP) is 1.45. The lowest BCUT2D eigenvalue weighted by Gasteiger charge is -2.41. The summed E-state index contributed by atoms with van der Waals surface area (Å²) in [7, 11) is -0.895. The van der Waals surface area contributed by atoms with Gasteiger partial charge in [0, 0.05) is 12.3 Å². The molecule has 2 atom stereocenters. The third-order valence-corrected chi connectivity index (χ3v) is 4.73. The Bertz CT molecular complexity index is 309. The van der Waals surface area contributed by atoms with E-state index in [9.17, 15) is 8.42 Å². The first kappa shape index (κ1) is 13.0. The van der Waals surface area contributed by atoms with Gasteiger partial charge >= 0.3 is 0 Å². The first-order valence-corrected chi connectivity index (χ1v) is 7.65. The van der Waals surface area contributed by atoms with Gasteiger partial charge < -0.3 is 5.32 Å². The largest absolute Gasteiger partial charge is 0.317 e. The molecule has 0 aromatic rings. The van der Waals surface area contributed by atoms with Crippen LogP contribution >= 0.6 is 0 Å². The van der Waals surface area contributed by atoms with Crippen LogP contribution < -0.4 is 5.32 Å². The van der Waals surface area contributed by atoms with Crippen LogP contribution in [0.4, 0.5) is 0 Å². The minimum absolute atomic E-state index is 0.163. The summed E-state index contributed by atoms with van der Waals surface area (Å²) in [6.45, 7) is 4.38. The van der Waals surface area contributed by atoms with Crippen LogP contribution in [0.15, 0.2) is 0 Å². The molecular weight excluding hydrogens is 210 g/mol. The Morgan fingerprint density at radius 3 is 2.47 bits per heavy atom. The van der Waals surface area contributed by atoms with Crippen molar-refractivity contribution in [2.24, 2.45) is 11.3 Å². The monoisotopic (exact) mass is 233 g/mol. The Hall–Kier alpha value is -0.0900. The van der Waals surface area contributed by atoms with Crippen LogP contribution in [-0.4, -0.2) is 33.5 Å². The molecule has 0 bridgehead atoms. The van der Waals surface area contributed by atoms with Crippen molar-refractivity contribution < 1.29 is 8.42 Å². The van der Waals surface area contributed by atoms with E-state index in [4.69, 9.17) is 0 Å². The van der Waals surface area contributed by atoms with E-state index in [0.29, 0.717) is 17.7 Å². The van der Waals surface area contributed by atoms with Gasteiger partial charge in [0.05, 0.1) is 5.75 Å². The van der Waals surface area contributed by atoms with Gasteiger partial charge in [-0.1, -0.05) is 13.8 Å². The van der Waals surface area contributed by atoms with E-state index >= 15 is 0 Å². The fourth-order valence-corrected chi connectivity index (χ4v) is 3.77. The van der Waals surface area contributed by atoms with Crippen molar-refractivity contribution in [3.8, 4) is 0 Å². The Balaban J connectivity index is 2.73. The van der Waals surface area contributed by atoms with Crippen LogP contribution in [0.2, 0.25) is 0 Å². The molecule has 90 valence electrons. The molecule has 4 heteroatoms. The van der Waals surface area contributed by atoms with Gasteiger partial charge in [0.1, 0.15) is 9.84 Å². The lowest BCUT2D eigenvalue weighted by molar-refractivity contribution is 0.132. The number of nitrogens with one attached hydrogen (secondary N) is 1. The maximum absolute atomic E-state index is 11.4. The third-order valence-electron chi connectivity index (χ3n) is 3.72. The lowest BCUT2D eigenvalue weighted by Crippen LogP contribution is -2.42. The molecule has 1 aliphatic carbocycles. The molecule has 2 unspecified atom stereocenters. The standard InChI is InChI=1S/C11H23NO2S/c1-11(2)6-5-10(12-3)7-9(11)8-15(4,13)14/h9-10,12H,5-8H2,1-4H3. The van der Waals surface area contributed by atoms with Gasteiger partial charge in [-0.15, -0.1) is 0 Å². The molecule has 0 aromatic carbocycles. The molecule has 0 saturated heterocycles. The van der Waals surface area contributed by atoms with Crippen molar-refractivity contribution in [2.45, 2.75) is 39.2 Å². The van der Waals surface area contributed by atoms with Crippen molar-refractivity contribution in [1.29, 1.82) is 0 Å². The van der Waals surface area contributed by atoms with Crippen LogP contribution in [0.1, 0.15) is 33.1 Å². The second-order valence-electron chi connectivity index (χ2n) is 5.54. The normalized spacial score (nSPS) is 31.5. The lowest BCUT2D eigenvalue weighted by atomic mass is 9.68. The van der Waals surface area contributed by atoms with Crippen LogP contribution in [-0.2, 0) is 9.84 Å². The van der Waals surface area contributed by atoms with Gasteiger partial charge in [-0.2, -0.15) is 0 Å². The Labute approximate surface area is 93.6 Å². The van der Waals surface area contributed by atoms with Crippen molar-refractivity contribution in [3.05, 3.63) is 0 Å². The number of sulfone groups is 1. The topological polar surface area (TPSA) is 46.2 Å². The highest BCUT2D eigenvalue weighted by molar-refractivity contribution is 7.90. The molecule has 15 heavy (non-hydrogen) atoms. The molecule has 0 amide bonds. The van der Waals surface area contributed by atoms with Gasteiger partial charge in [0.25, 0.3) is 0 Å². The zero-order chi connectivity index (χ0) is 11.7. The van der Waals surface area contributed by atoms with E-state index in [1.807, 2.05) is 7.05 Å². The van der Waals surface area contributed by atoms with E-state index < -0.39 is 9.84 Å². The van der Waals surface area contributed by atoms with E-state index in [1.54, 1.807) is 0 Å². The Morgan fingerprint density at radius 1 is 1.40 bits per heavy atom. The average Bonchev–Trinajstić information content (AvgIpc) is 2.06. The molecular formula is C11H23NO2S. The molecule has 1 aliphatic rings. The van der Waals surface area contributed by atoms with E-state index in [1.165, 1.54) is 6.26 Å².